The number of carboxylic acid groups (broad SMARTS) is 3. The van der Waals surface area contributed by atoms with Crippen LogP contribution in [0.5, 0.6) is 0 Å². The van der Waals surface area contributed by atoms with Crippen molar-refractivity contribution in [3.05, 3.63) is 0 Å². The first-order chi connectivity index (χ1) is 12.9. The predicted octanol–water partition coefficient (Wildman–Crippen LogP) is 5.88. The Hall–Kier alpha value is -1.59. The molecule has 3 N–H and O–H groups in total. The highest BCUT2D eigenvalue weighted by molar-refractivity contribution is 5.67. The predicted molar refractivity (Wildman–Crippen MR) is 107 cm³/mol. The molecule has 0 aliphatic carbocycles. The molecule has 0 aliphatic rings. The van der Waals surface area contributed by atoms with Crippen LogP contribution in [0.1, 0.15) is 116 Å². The van der Waals surface area contributed by atoms with Gasteiger partial charge in [0, 0.05) is 19.3 Å². The van der Waals surface area contributed by atoms with Crippen LogP contribution in [0.2, 0.25) is 0 Å². The van der Waals surface area contributed by atoms with Crippen molar-refractivity contribution in [1.82, 2.24) is 0 Å². The van der Waals surface area contributed by atoms with Gasteiger partial charge in [-0.3, -0.25) is 14.4 Å². The van der Waals surface area contributed by atoms with Gasteiger partial charge in [-0.15, -0.1) is 0 Å². The molecule has 0 unspecified atom stereocenters. The second kappa shape index (κ2) is 22.5. The molecule has 0 aromatic heterocycles. The van der Waals surface area contributed by atoms with Crippen molar-refractivity contribution in [1.29, 1.82) is 0 Å². The molecule has 0 bridgehead atoms. The highest BCUT2D eigenvalue weighted by Crippen LogP contribution is 2.11. The van der Waals surface area contributed by atoms with Gasteiger partial charge in [0.2, 0.25) is 0 Å². The molecule has 0 aromatic rings. The van der Waals surface area contributed by atoms with Crippen LogP contribution in [0, 0.1) is 0 Å². The SMILES string of the molecule is CCCCCCCCCCCCC(=O)O.O=C(O)CCCCCCC(=O)O. The quantitative estimate of drug-likeness (QED) is 0.253. The summed E-state index contributed by atoms with van der Waals surface area (Å²) in [6.45, 7) is 2.24. The molecular weight excluding hydrogens is 348 g/mol. The van der Waals surface area contributed by atoms with Crippen LogP contribution in [0.3, 0.4) is 0 Å². The Bertz CT molecular complexity index is 350. The average molecular weight is 389 g/mol. The minimum absolute atomic E-state index is 0.188. The second-order valence-corrected chi connectivity index (χ2v) is 7.03. The maximum absolute atomic E-state index is 10.2. The van der Waals surface area contributed by atoms with Gasteiger partial charge < -0.3 is 15.3 Å². The van der Waals surface area contributed by atoms with Gasteiger partial charge >= 0.3 is 17.9 Å². The highest BCUT2D eigenvalue weighted by Gasteiger charge is 1.98. The summed E-state index contributed by atoms with van der Waals surface area (Å²) in [6.07, 6.45) is 16.2. The maximum atomic E-state index is 10.2. The average Bonchev–Trinajstić information content (AvgIpc) is 2.59. The molecule has 0 aliphatic heterocycles. The third kappa shape index (κ3) is 32.5. The van der Waals surface area contributed by atoms with Gasteiger partial charge in [0.1, 0.15) is 0 Å². The largest absolute Gasteiger partial charge is 0.481 e. The third-order valence-corrected chi connectivity index (χ3v) is 4.28. The molecule has 0 atom stereocenters. The lowest BCUT2D eigenvalue weighted by Gasteiger charge is -2.01. The summed E-state index contributed by atoms with van der Waals surface area (Å²) in [6, 6.07) is 0. The van der Waals surface area contributed by atoms with Crippen LogP contribution in [0.15, 0.2) is 0 Å². The van der Waals surface area contributed by atoms with E-state index in [1.165, 1.54) is 51.4 Å². The van der Waals surface area contributed by atoms with Gasteiger partial charge in [0.05, 0.1) is 0 Å². The summed E-state index contributed by atoms with van der Waals surface area (Å²) >= 11 is 0. The molecule has 6 heteroatoms. The fourth-order valence-electron chi connectivity index (χ4n) is 2.67. The van der Waals surface area contributed by atoms with Crippen molar-refractivity contribution < 1.29 is 29.7 Å². The fourth-order valence-corrected chi connectivity index (χ4v) is 2.67. The summed E-state index contributed by atoms with van der Waals surface area (Å²) in [5.41, 5.74) is 0. The summed E-state index contributed by atoms with van der Waals surface area (Å²) < 4.78 is 0. The highest BCUT2D eigenvalue weighted by atomic mass is 16.4. The molecule has 0 heterocycles. The van der Waals surface area contributed by atoms with Crippen LogP contribution in [-0.4, -0.2) is 33.2 Å². The number of carbonyl (C=O) groups is 3. The van der Waals surface area contributed by atoms with Crippen LogP contribution in [0.4, 0.5) is 0 Å². The lowest BCUT2D eigenvalue weighted by atomic mass is 10.1. The maximum Gasteiger partial charge on any atom is 0.303 e. The molecule has 160 valence electrons. The van der Waals surface area contributed by atoms with Crippen LogP contribution < -0.4 is 0 Å². The molecule has 6 nitrogen and oxygen atoms in total. The first-order valence-electron chi connectivity index (χ1n) is 10.6. The number of carboxylic acids is 3. The molecule has 0 amide bonds. The van der Waals surface area contributed by atoms with Crippen molar-refractivity contribution in [2.45, 2.75) is 116 Å². The lowest BCUT2D eigenvalue weighted by Crippen LogP contribution is -1.95. The number of unbranched alkanes of at least 4 members (excludes halogenated alkanes) is 12. The molecule has 0 aromatic carbocycles. The Morgan fingerprint density at radius 2 is 0.667 bits per heavy atom. The molecule has 0 saturated heterocycles. The van der Waals surface area contributed by atoms with E-state index < -0.39 is 17.9 Å². The molecule has 0 saturated carbocycles. The zero-order valence-electron chi connectivity index (χ0n) is 17.1. The molecule has 0 spiro atoms. The van der Waals surface area contributed by atoms with E-state index in [0.29, 0.717) is 19.3 Å². The van der Waals surface area contributed by atoms with Crippen LogP contribution in [-0.2, 0) is 14.4 Å². The van der Waals surface area contributed by atoms with Gasteiger partial charge in [-0.2, -0.15) is 0 Å². The summed E-state index contributed by atoms with van der Waals surface area (Å²) in [7, 11) is 0. The minimum Gasteiger partial charge on any atom is -0.481 e. The Kier molecular flexibility index (Phi) is 23.0. The number of hydrogen-bond donors (Lipinski definition) is 3. The zero-order valence-corrected chi connectivity index (χ0v) is 17.1. The lowest BCUT2D eigenvalue weighted by molar-refractivity contribution is -0.138. The Labute approximate surface area is 164 Å². The Morgan fingerprint density at radius 1 is 0.444 bits per heavy atom. The second-order valence-electron chi connectivity index (χ2n) is 7.03. The minimum atomic E-state index is -0.784. The molecule has 0 fully saturated rings. The summed E-state index contributed by atoms with van der Waals surface area (Å²) in [4.78, 5) is 30.3. The topological polar surface area (TPSA) is 112 Å². The van der Waals surface area contributed by atoms with Crippen molar-refractivity contribution in [2.75, 3.05) is 0 Å². The normalized spacial score (nSPS) is 10.1. The Balaban J connectivity index is 0. The molecule has 27 heavy (non-hydrogen) atoms. The summed E-state index contributed by atoms with van der Waals surface area (Å²) in [5.74, 6) is -2.23. The Morgan fingerprint density at radius 3 is 0.889 bits per heavy atom. The number of hydrogen-bond acceptors (Lipinski definition) is 3. The van der Waals surface area contributed by atoms with Crippen LogP contribution in [0.25, 0.3) is 0 Å². The van der Waals surface area contributed by atoms with E-state index >= 15 is 0 Å². The molecule has 0 rings (SSSR count). The third-order valence-electron chi connectivity index (χ3n) is 4.28. The van der Waals surface area contributed by atoms with E-state index in [1.54, 1.807) is 0 Å². The number of aliphatic carboxylic acids is 3. The fraction of sp³-hybridized carbons (Fsp3) is 0.857. The first-order valence-corrected chi connectivity index (χ1v) is 10.6. The van der Waals surface area contributed by atoms with Crippen LogP contribution >= 0.6 is 0 Å². The number of rotatable bonds is 18. The molecule has 0 radical (unpaired) electrons. The van der Waals surface area contributed by atoms with Gasteiger partial charge in [-0.1, -0.05) is 77.6 Å². The van der Waals surface area contributed by atoms with Crippen molar-refractivity contribution in [3.63, 3.8) is 0 Å². The van der Waals surface area contributed by atoms with Crippen molar-refractivity contribution in [3.8, 4) is 0 Å². The van der Waals surface area contributed by atoms with E-state index in [-0.39, 0.29) is 12.8 Å². The van der Waals surface area contributed by atoms with Crippen molar-refractivity contribution >= 4 is 17.9 Å². The first kappa shape index (κ1) is 27.6. The van der Waals surface area contributed by atoms with Gasteiger partial charge in [0.25, 0.3) is 0 Å². The molecular formula is C21H40O6. The zero-order chi connectivity index (χ0) is 20.8. The van der Waals surface area contributed by atoms with E-state index in [4.69, 9.17) is 15.3 Å². The van der Waals surface area contributed by atoms with Gasteiger partial charge in [-0.25, -0.2) is 0 Å². The smallest absolute Gasteiger partial charge is 0.303 e. The van der Waals surface area contributed by atoms with E-state index in [1.807, 2.05) is 0 Å². The van der Waals surface area contributed by atoms with E-state index in [0.717, 1.165) is 25.7 Å². The van der Waals surface area contributed by atoms with Gasteiger partial charge in [-0.05, 0) is 19.3 Å². The standard InChI is InChI=1S/C13H26O2.C8H14O4/c1-2-3-4-5-6-7-8-9-10-11-12-13(14)15;9-7(10)5-3-1-2-4-6-8(11)12/h2-12H2,1H3,(H,14,15);1-6H2,(H,9,10)(H,11,12). The monoisotopic (exact) mass is 388 g/mol. The van der Waals surface area contributed by atoms with Gasteiger partial charge in [0.15, 0.2) is 0 Å². The summed E-state index contributed by atoms with van der Waals surface area (Å²) in [5, 5.41) is 25.0. The van der Waals surface area contributed by atoms with E-state index in [9.17, 15) is 14.4 Å². The van der Waals surface area contributed by atoms with E-state index in [2.05, 4.69) is 6.92 Å². The van der Waals surface area contributed by atoms with Crippen molar-refractivity contribution in [2.24, 2.45) is 0 Å².